The van der Waals surface area contributed by atoms with E-state index >= 15 is 0 Å². The van der Waals surface area contributed by atoms with E-state index in [-0.39, 0.29) is 0 Å². The van der Waals surface area contributed by atoms with Crippen molar-refractivity contribution in [2.75, 3.05) is 7.11 Å². The van der Waals surface area contributed by atoms with Gasteiger partial charge in [-0.2, -0.15) is 0 Å². The fourth-order valence-electron chi connectivity index (χ4n) is 0.715. The van der Waals surface area contributed by atoms with Crippen LogP contribution in [-0.2, 0) is 4.70 Å². The van der Waals surface area contributed by atoms with Crippen molar-refractivity contribution in [3.8, 4) is 5.75 Å². The van der Waals surface area contributed by atoms with Crippen molar-refractivity contribution < 1.29 is 9.44 Å². The first-order chi connectivity index (χ1) is 4.86. The van der Waals surface area contributed by atoms with Crippen molar-refractivity contribution in [2.45, 2.75) is 0 Å². The van der Waals surface area contributed by atoms with Gasteiger partial charge in [0.15, 0.2) is 0 Å². The SMILES string of the molecule is COc1cccc(B=O)c1. The van der Waals surface area contributed by atoms with E-state index in [1.807, 2.05) is 0 Å². The number of hydrogen-bond acceptors (Lipinski definition) is 2. The van der Waals surface area contributed by atoms with E-state index in [4.69, 9.17) is 4.74 Å². The first-order valence-corrected chi connectivity index (χ1v) is 2.96. The Bertz CT molecular complexity index is 235. The fourth-order valence-corrected chi connectivity index (χ4v) is 0.715. The minimum absolute atomic E-state index is 0.638. The summed E-state index contributed by atoms with van der Waals surface area (Å²) in [5.74, 6) is 0.713. The molecule has 0 aliphatic heterocycles. The zero-order chi connectivity index (χ0) is 7.40. The molecule has 0 aliphatic rings. The Morgan fingerprint density at radius 2 is 2.30 bits per heavy atom. The van der Waals surface area contributed by atoms with Crippen LogP contribution in [0.4, 0.5) is 0 Å². The van der Waals surface area contributed by atoms with Gasteiger partial charge in [0.05, 0.1) is 0 Å². The molecule has 0 fully saturated rings. The first kappa shape index (κ1) is 7.00. The van der Waals surface area contributed by atoms with Crippen molar-refractivity contribution in [2.24, 2.45) is 0 Å². The average Bonchev–Trinajstić information content (AvgIpc) is 2.05. The molecule has 0 aliphatic carbocycles. The summed E-state index contributed by atoms with van der Waals surface area (Å²) in [4.78, 5) is 0. The quantitative estimate of drug-likeness (QED) is 0.546. The van der Waals surface area contributed by atoms with E-state index in [0.717, 1.165) is 7.15 Å². The van der Waals surface area contributed by atoms with Crippen molar-refractivity contribution in [3.63, 3.8) is 0 Å². The van der Waals surface area contributed by atoms with Gasteiger partial charge in [0.2, 0.25) is 0 Å². The van der Waals surface area contributed by atoms with Gasteiger partial charge in [0, 0.05) is 0 Å². The molecule has 0 saturated carbocycles. The van der Waals surface area contributed by atoms with Crippen molar-refractivity contribution in [1.82, 2.24) is 0 Å². The average molecular weight is 134 g/mol. The third kappa shape index (κ3) is 1.44. The topological polar surface area (TPSA) is 26.3 Å². The molecule has 0 saturated heterocycles. The summed E-state index contributed by atoms with van der Waals surface area (Å²) in [5, 5.41) is 0. The summed E-state index contributed by atoms with van der Waals surface area (Å²) < 4.78 is 15.1. The van der Waals surface area contributed by atoms with Crippen molar-refractivity contribution in [3.05, 3.63) is 24.3 Å². The third-order valence-electron chi connectivity index (χ3n) is 1.23. The van der Waals surface area contributed by atoms with Gasteiger partial charge >= 0.3 is 59.2 Å². The molecule has 0 N–H and O–H groups in total. The molecule has 0 amide bonds. The van der Waals surface area contributed by atoms with Crippen LogP contribution in [0, 0.1) is 0 Å². The Kier molecular flexibility index (Phi) is 2.21. The first-order valence-electron chi connectivity index (χ1n) is 2.96. The van der Waals surface area contributed by atoms with E-state index in [0.29, 0.717) is 11.2 Å². The van der Waals surface area contributed by atoms with Crippen LogP contribution in [0.15, 0.2) is 24.3 Å². The van der Waals surface area contributed by atoms with Gasteiger partial charge in [-0.3, -0.25) is 0 Å². The van der Waals surface area contributed by atoms with Crippen LogP contribution in [-0.4, -0.2) is 14.3 Å². The predicted octanol–water partition coefficient (Wildman–Crippen LogP) is 0.370. The normalized spacial score (nSPS) is 8.50. The van der Waals surface area contributed by atoms with Gasteiger partial charge < -0.3 is 0 Å². The second-order valence-electron chi connectivity index (χ2n) is 1.89. The van der Waals surface area contributed by atoms with Gasteiger partial charge in [-0.1, -0.05) is 0 Å². The molecule has 0 atom stereocenters. The molecule has 0 aromatic heterocycles. The van der Waals surface area contributed by atoms with Crippen molar-refractivity contribution >= 4 is 12.6 Å². The van der Waals surface area contributed by atoms with Crippen LogP contribution in [0.3, 0.4) is 0 Å². The Morgan fingerprint density at radius 3 is 2.90 bits per heavy atom. The number of hydrogen-bond donors (Lipinski definition) is 0. The maximum atomic E-state index is 10.2. The summed E-state index contributed by atoms with van der Waals surface area (Å²) in [7, 11) is 2.37. The van der Waals surface area contributed by atoms with E-state index in [2.05, 4.69) is 0 Å². The Morgan fingerprint density at radius 1 is 1.50 bits per heavy atom. The molecule has 1 aromatic rings. The molecule has 0 radical (unpaired) electrons. The molecule has 0 spiro atoms. The van der Waals surface area contributed by atoms with E-state index < -0.39 is 0 Å². The zero-order valence-corrected chi connectivity index (χ0v) is 5.70. The standard InChI is InChI=1S/C7H7BO2/c1-10-7-4-2-3-6(5-7)8-9/h2-5H,1H3. The van der Waals surface area contributed by atoms with E-state index in [9.17, 15) is 4.70 Å². The monoisotopic (exact) mass is 134 g/mol. The zero-order valence-electron chi connectivity index (χ0n) is 5.70. The Balaban J connectivity index is 2.98. The molecule has 1 rings (SSSR count). The van der Waals surface area contributed by atoms with Gasteiger partial charge in [-0.05, 0) is 0 Å². The van der Waals surface area contributed by atoms with Crippen LogP contribution in [0.2, 0.25) is 0 Å². The van der Waals surface area contributed by atoms with Gasteiger partial charge in [-0.15, -0.1) is 0 Å². The Hall–Kier alpha value is -1.12. The van der Waals surface area contributed by atoms with Crippen LogP contribution in [0.1, 0.15) is 0 Å². The molecule has 3 heteroatoms. The molecular formula is C7H7BO2. The fraction of sp³-hybridized carbons (Fsp3) is 0.143. The Labute approximate surface area is 60.1 Å². The van der Waals surface area contributed by atoms with Gasteiger partial charge in [-0.25, -0.2) is 0 Å². The summed E-state index contributed by atoms with van der Waals surface area (Å²) in [6.07, 6.45) is 0. The van der Waals surface area contributed by atoms with Crippen molar-refractivity contribution in [1.29, 1.82) is 0 Å². The number of methoxy groups -OCH3 is 1. The van der Waals surface area contributed by atoms with Gasteiger partial charge in [0.25, 0.3) is 0 Å². The summed E-state index contributed by atoms with van der Waals surface area (Å²) >= 11 is 0. The molecular weight excluding hydrogens is 127 g/mol. The predicted molar refractivity (Wildman–Crippen MR) is 39.1 cm³/mol. The molecule has 0 heterocycles. The van der Waals surface area contributed by atoms with Crippen LogP contribution in [0.5, 0.6) is 5.75 Å². The van der Waals surface area contributed by atoms with Crippen LogP contribution in [0.25, 0.3) is 0 Å². The van der Waals surface area contributed by atoms with Crippen LogP contribution < -0.4 is 10.2 Å². The molecule has 2 nitrogen and oxygen atoms in total. The summed E-state index contributed by atoms with van der Waals surface area (Å²) in [6.45, 7) is 0. The second kappa shape index (κ2) is 3.15. The van der Waals surface area contributed by atoms with Crippen LogP contribution >= 0.6 is 0 Å². The molecule has 50 valence electrons. The van der Waals surface area contributed by atoms with E-state index in [1.54, 1.807) is 31.4 Å². The van der Waals surface area contributed by atoms with E-state index in [1.165, 1.54) is 0 Å². The third-order valence-corrected chi connectivity index (χ3v) is 1.23. The number of ether oxygens (including phenoxy) is 1. The molecule has 0 bridgehead atoms. The maximum absolute atomic E-state index is 10.2. The number of rotatable bonds is 2. The molecule has 0 unspecified atom stereocenters. The minimum atomic E-state index is 0.638. The number of benzene rings is 1. The summed E-state index contributed by atoms with van der Waals surface area (Å²) in [5.41, 5.74) is 0.638. The second-order valence-corrected chi connectivity index (χ2v) is 1.89. The van der Waals surface area contributed by atoms with Gasteiger partial charge in [0.1, 0.15) is 0 Å². The molecule has 10 heavy (non-hydrogen) atoms. The summed E-state index contributed by atoms with van der Waals surface area (Å²) in [6, 6.07) is 7.00. The molecule has 1 aromatic carbocycles.